The summed E-state index contributed by atoms with van der Waals surface area (Å²) in [5, 5.41) is 6.84. The molecular weight excluding hydrogens is 389 g/mol. The molecule has 2 N–H and O–H groups in total. The highest BCUT2D eigenvalue weighted by atomic mass is 19.1. The second-order valence-corrected chi connectivity index (χ2v) is 8.97. The van der Waals surface area contributed by atoms with Crippen molar-refractivity contribution in [2.75, 3.05) is 46.8 Å². The lowest BCUT2D eigenvalue weighted by Crippen LogP contribution is -2.43. The maximum Gasteiger partial charge on any atom is 0.191 e. The van der Waals surface area contributed by atoms with Crippen molar-refractivity contribution in [3.63, 3.8) is 0 Å². The molecule has 1 aliphatic heterocycles. The molecule has 1 saturated carbocycles. The van der Waals surface area contributed by atoms with E-state index in [2.05, 4.69) is 56.7 Å². The molecule has 0 amide bonds. The van der Waals surface area contributed by atoms with E-state index >= 15 is 0 Å². The lowest BCUT2D eigenvalue weighted by atomic mass is 9.96. The van der Waals surface area contributed by atoms with Gasteiger partial charge < -0.3 is 15.5 Å². The Morgan fingerprint density at radius 3 is 2.35 bits per heavy atom. The van der Waals surface area contributed by atoms with E-state index in [9.17, 15) is 4.39 Å². The summed E-state index contributed by atoms with van der Waals surface area (Å²) in [7, 11) is 3.98. The van der Waals surface area contributed by atoms with Crippen molar-refractivity contribution in [2.24, 2.45) is 4.99 Å². The van der Waals surface area contributed by atoms with Gasteiger partial charge in [-0.3, -0.25) is 9.89 Å². The fourth-order valence-electron chi connectivity index (χ4n) is 4.22. The largest absolute Gasteiger partial charge is 0.356 e. The monoisotopic (exact) mass is 423 g/mol. The number of hydrogen-bond acceptors (Lipinski definition) is 3. The minimum Gasteiger partial charge on any atom is -0.356 e. The van der Waals surface area contributed by atoms with Crippen molar-refractivity contribution in [1.82, 2.24) is 20.4 Å². The zero-order valence-corrected chi connectivity index (χ0v) is 18.7. The molecule has 0 spiro atoms. The molecule has 1 aliphatic carbocycles. The number of nitrogens with one attached hydrogen (secondary N) is 2. The smallest absolute Gasteiger partial charge is 0.191 e. The molecule has 0 radical (unpaired) electrons. The Morgan fingerprint density at radius 2 is 1.71 bits per heavy atom. The highest BCUT2D eigenvalue weighted by molar-refractivity contribution is 5.79. The third-order valence-corrected chi connectivity index (χ3v) is 6.59. The fraction of sp³-hybridized carbons (Fsp3) is 0.480. The Hall–Kier alpha value is -2.44. The number of aliphatic imine (C=N–C) groups is 1. The second-order valence-electron chi connectivity index (χ2n) is 8.97. The van der Waals surface area contributed by atoms with Crippen LogP contribution in [0.5, 0.6) is 0 Å². The van der Waals surface area contributed by atoms with E-state index in [1.807, 2.05) is 6.07 Å². The summed E-state index contributed by atoms with van der Waals surface area (Å²) >= 11 is 0. The predicted octanol–water partition coefficient (Wildman–Crippen LogP) is 2.97. The van der Waals surface area contributed by atoms with Gasteiger partial charge in [0.15, 0.2) is 5.96 Å². The molecule has 1 saturated heterocycles. The first kappa shape index (κ1) is 21.8. The number of halogens is 1. The maximum absolute atomic E-state index is 13.6. The molecule has 5 nitrogen and oxygen atoms in total. The molecular formula is C25H34FN5. The van der Waals surface area contributed by atoms with E-state index in [0.29, 0.717) is 0 Å². The van der Waals surface area contributed by atoms with Gasteiger partial charge in [0.05, 0.1) is 0 Å². The van der Waals surface area contributed by atoms with E-state index in [4.69, 9.17) is 0 Å². The van der Waals surface area contributed by atoms with Crippen LogP contribution in [-0.2, 0) is 18.5 Å². The molecule has 166 valence electrons. The van der Waals surface area contributed by atoms with Gasteiger partial charge in [-0.15, -0.1) is 0 Å². The average molecular weight is 424 g/mol. The summed E-state index contributed by atoms with van der Waals surface area (Å²) in [5.74, 6) is 0.617. The molecule has 1 heterocycles. The van der Waals surface area contributed by atoms with Gasteiger partial charge in [-0.2, -0.15) is 0 Å². The second kappa shape index (κ2) is 9.79. The van der Waals surface area contributed by atoms with E-state index in [1.54, 1.807) is 19.2 Å². The number of nitrogens with zero attached hydrogens (tertiary/aromatic N) is 3. The van der Waals surface area contributed by atoms with E-state index in [-0.39, 0.29) is 11.2 Å². The Bertz CT molecular complexity index is 883. The maximum atomic E-state index is 13.6. The fourth-order valence-corrected chi connectivity index (χ4v) is 4.22. The molecule has 0 aromatic heterocycles. The lowest BCUT2D eigenvalue weighted by Gasteiger charge is -2.32. The van der Waals surface area contributed by atoms with Crippen LogP contribution in [0.4, 0.5) is 4.39 Å². The SMILES string of the molecule is CN=C(NCc1ccc(CN2CCN(C)CC2)cc1)NCC1(c2cccc(F)c2)CC1. The van der Waals surface area contributed by atoms with Gasteiger partial charge >= 0.3 is 0 Å². The van der Waals surface area contributed by atoms with Crippen molar-refractivity contribution in [3.8, 4) is 0 Å². The minimum absolute atomic E-state index is 0.0324. The van der Waals surface area contributed by atoms with Crippen LogP contribution >= 0.6 is 0 Å². The van der Waals surface area contributed by atoms with Gasteiger partial charge in [-0.05, 0) is 48.7 Å². The zero-order valence-electron chi connectivity index (χ0n) is 18.7. The zero-order chi connectivity index (χ0) is 21.7. The van der Waals surface area contributed by atoms with Crippen LogP contribution in [0.1, 0.15) is 29.5 Å². The molecule has 2 aromatic rings. The summed E-state index contributed by atoms with van der Waals surface area (Å²) in [6, 6.07) is 15.8. The molecule has 31 heavy (non-hydrogen) atoms. The van der Waals surface area contributed by atoms with Crippen LogP contribution in [0.3, 0.4) is 0 Å². The molecule has 2 aromatic carbocycles. The third-order valence-electron chi connectivity index (χ3n) is 6.59. The highest BCUT2D eigenvalue weighted by Gasteiger charge is 2.44. The van der Waals surface area contributed by atoms with Gasteiger partial charge in [-0.1, -0.05) is 36.4 Å². The number of guanidine groups is 1. The predicted molar refractivity (Wildman–Crippen MR) is 125 cm³/mol. The molecule has 2 fully saturated rings. The summed E-state index contributed by atoms with van der Waals surface area (Å²) < 4.78 is 13.6. The quantitative estimate of drug-likeness (QED) is 0.531. The van der Waals surface area contributed by atoms with Gasteiger partial charge in [0.2, 0.25) is 0 Å². The molecule has 0 unspecified atom stereocenters. The van der Waals surface area contributed by atoms with Crippen LogP contribution in [0.25, 0.3) is 0 Å². The number of benzene rings is 2. The normalized spacial score (nSPS) is 19.3. The van der Waals surface area contributed by atoms with Crippen molar-refractivity contribution in [3.05, 3.63) is 71.0 Å². The molecule has 0 bridgehead atoms. The summed E-state index contributed by atoms with van der Waals surface area (Å²) in [5.41, 5.74) is 3.70. The lowest BCUT2D eigenvalue weighted by molar-refractivity contribution is 0.148. The first-order chi connectivity index (χ1) is 15.1. The van der Waals surface area contributed by atoms with E-state index in [1.165, 1.54) is 17.2 Å². The van der Waals surface area contributed by atoms with Crippen molar-refractivity contribution >= 4 is 5.96 Å². The Kier molecular flexibility index (Phi) is 6.88. The Balaban J connectivity index is 1.24. The van der Waals surface area contributed by atoms with Crippen molar-refractivity contribution in [1.29, 1.82) is 0 Å². The molecule has 0 atom stereocenters. The molecule has 6 heteroatoms. The number of rotatable bonds is 7. The van der Waals surface area contributed by atoms with Crippen LogP contribution in [-0.4, -0.2) is 62.6 Å². The Labute approximate surface area is 185 Å². The summed E-state index contributed by atoms with van der Waals surface area (Å²) in [6.07, 6.45) is 2.16. The van der Waals surface area contributed by atoms with E-state index < -0.39 is 0 Å². The van der Waals surface area contributed by atoms with Crippen LogP contribution < -0.4 is 10.6 Å². The Morgan fingerprint density at radius 1 is 1.00 bits per heavy atom. The summed E-state index contributed by atoms with van der Waals surface area (Å²) in [4.78, 5) is 9.26. The first-order valence-corrected chi connectivity index (χ1v) is 11.3. The van der Waals surface area contributed by atoms with Crippen molar-refractivity contribution in [2.45, 2.75) is 31.3 Å². The van der Waals surface area contributed by atoms with Gasteiger partial charge in [0.1, 0.15) is 5.82 Å². The first-order valence-electron chi connectivity index (χ1n) is 11.3. The van der Waals surface area contributed by atoms with Gasteiger partial charge in [-0.25, -0.2) is 4.39 Å². The number of piperazine rings is 1. The van der Waals surface area contributed by atoms with Gasteiger partial charge in [0.25, 0.3) is 0 Å². The average Bonchev–Trinajstić information content (AvgIpc) is 3.58. The summed E-state index contributed by atoms with van der Waals surface area (Å²) in [6.45, 7) is 7.08. The molecule has 4 rings (SSSR count). The standard InChI is InChI=1S/C25H34FN5/c1-27-24(29-19-25(10-11-25)22-4-3-5-23(26)16-22)28-17-20-6-8-21(9-7-20)18-31-14-12-30(2)13-15-31/h3-9,16H,10-15,17-19H2,1-2H3,(H2,27,28,29). The molecule has 2 aliphatic rings. The third kappa shape index (κ3) is 5.83. The number of hydrogen-bond donors (Lipinski definition) is 2. The van der Waals surface area contributed by atoms with E-state index in [0.717, 1.165) is 70.2 Å². The van der Waals surface area contributed by atoms with Crippen LogP contribution in [0, 0.1) is 5.82 Å². The van der Waals surface area contributed by atoms with Crippen molar-refractivity contribution < 1.29 is 4.39 Å². The minimum atomic E-state index is -0.164. The number of likely N-dealkylation sites (N-methyl/N-ethyl adjacent to an activating group) is 1. The van der Waals surface area contributed by atoms with Crippen LogP contribution in [0.2, 0.25) is 0 Å². The topological polar surface area (TPSA) is 42.9 Å². The van der Waals surface area contributed by atoms with Crippen LogP contribution in [0.15, 0.2) is 53.5 Å². The van der Waals surface area contributed by atoms with Gasteiger partial charge in [0, 0.05) is 58.3 Å². The highest BCUT2D eigenvalue weighted by Crippen LogP contribution is 2.47.